The minimum absolute atomic E-state index is 0.0945. The summed E-state index contributed by atoms with van der Waals surface area (Å²) < 4.78 is 11.7. The molecule has 0 saturated carbocycles. The quantitative estimate of drug-likeness (QED) is 0.826. The first-order valence-electron chi connectivity index (χ1n) is 6.32. The maximum Gasteiger partial charge on any atom is 0.171 e. The van der Waals surface area contributed by atoms with Crippen LogP contribution in [0.1, 0.15) is 24.9 Å². The van der Waals surface area contributed by atoms with Gasteiger partial charge in [0, 0.05) is 14.2 Å². The third-order valence-electron chi connectivity index (χ3n) is 3.07. The minimum Gasteiger partial charge on any atom is -0.354 e. The second-order valence-corrected chi connectivity index (χ2v) is 5.60. The van der Waals surface area contributed by atoms with Crippen LogP contribution in [-0.2, 0) is 9.47 Å². The van der Waals surface area contributed by atoms with Crippen LogP contribution in [0.25, 0.3) is 10.2 Å². The second-order valence-electron chi connectivity index (χ2n) is 4.54. The van der Waals surface area contributed by atoms with Gasteiger partial charge in [0.2, 0.25) is 0 Å². The largest absolute Gasteiger partial charge is 0.354 e. The molecule has 0 aliphatic carbocycles. The van der Waals surface area contributed by atoms with E-state index < -0.39 is 0 Å². The average molecular weight is 280 g/mol. The predicted molar refractivity (Wildman–Crippen MR) is 78.4 cm³/mol. The second kappa shape index (κ2) is 6.43. The lowest BCUT2D eigenvalue weighted by molar-refractivity contribution is -0.120. The lowest BCUT2D eigenvalue weighted by atomic mass is 10.2. The molecule has 1 heterocycles. The number of para-hydroxylation sites is 1. The Morgan fingerprint density at radius 3 is 2.47 bits per heavy atom. The van der Waals surface area contributed by atoms with Gasteiger partial charge in [-0.2, -0.15) is 0 Å². The lowest BCUT2D eigenvalue weighted by Gasteiger charge is -2.24. The van der Waals surface area contributed by atoms with E-state index in [1.54, 1.807) is 25.6 Å². The highest BCUT2D eigenvalue weighted by Gasteiger charge is 2.20. The van der Waals surface area contributed by atoms with Gasteiger partial charge < -0.3 is 14.8 Å². The molecule has 1 aromatic carbocycles. The van der Waals surface area contributed by atoms with Crippen molar-refractivity contribution < 1.29 is 9.47 Å². The third-order valence-corrected chi connectivity index (χ3v) is 4.29. The van der Waals surface area contributed by atoms with Crippen LogP contribution in [0.2, 0.25) is 0 Å². The third kappa shape index (κ3) is 3.30. The molecule has 2 unspecified atom stereocenters. The van der Waals surface area contributed by atoms with E-state index in [2.05, 4.69) is 23.3 Å². The van der Waals surface area contributed by atoms with Crippen LogP contribution in [0.3, 0.4) is 0 Å². The van der Waals surface area contributed by atoms with Gasteiger partial charge in [-0.3, -0.25) is 0 Å². The Labute approximate surface area is 117 Å². The van der Waals surface area contributed by atoms with Crippen LogP contribution < -0.4 is 5.32 Å². The molecule has 1 aromatic heterocycles. The van der Waals surface area contributed by atoms with Crippen molar-refractivity contribution in [2.75, 3.05) is 14.2 Å². The van der Waals surface area contributed by atoms with Gasteiger partial charge in [-0.1, -0.05) is 12.1 Å². The molecule has 19 heavy (non-hydrogen) atoms. The van der Waals surface area contributed by atoms with E-state index in [1.165, 1.54) is 4.70 Å². The number of benzene rings is 1. The Morgan fingerprint density at radius 2 is 1.84 bits per heavy atom. The average Bonchev–Trinajstić information content (AvgIpc) is 2.84. The standard InChI is InChI=1S/C14H20N2O2S/c1-9(15-10(2)14(17-3)18-4)13-16-11-7-5-6-8-12(11)19-13/h5-10,14-15H,1-4H3. The molecule has 104 valence electrons. The highest BCUT2D eigenvalue weighted by Crippen LogP contribution is 2.26. The van der Waals surface area contributed by atoms with Crippen molar-refractivity contribution in [2.24, 2.45) is 0 Å². The molecule has 0 aliphatic heterocycles. The zero-order valence-corrected chi connectivity index (χ0v) is 12.5. The maximum atomic E-state index is 5.26. The molecule has 0 aliphatic rings. The van der Waals surface area contributed by atoms with E-state index >= 15 is 0 Å². The number of fused-ring (bicyclic) bond motifs is 1. The van der Waals surface area contributed by atoms with Crippen molar-refractivity contribution in [1.82, 2.24) is 10.3 Å². The molecule has 0 saturated heterocycles. The number of hydrogen-bond donors (Lipinski definition) is 1. The molecule has 5 heteroatoms. The summed E-state index contributed by atoms with van der Waals surface area (Å²) in [7, 11) is 3.30. The fourth-order valence-corrected chi connectivity index (χ4v) is 3.10. The van der Waals surface area contributed by atoms with Crippen LogP contribution in [0, 0.1) is 0 Å². The molecule has 0 fully saturated rings. The zero-order chi connectivity index (χ0) is 13.8. The summed E-state index contributed by atoms with van der Waals surface area (Å²) in [5.41, 5.74) is 1.05. The Hall–Kier alpha value is -1.01. The molecule has 2 atom stereocenters. The molecule has 0 spiro atoms. The SMILES string of the molecule is COC(OC)C(C)NC(C)c1nc2ccccc2s1. The molecule has 0 amide bonds. The van der Waals surface area contributed by atoms with E-state index in [1.807, 2.05) is 25.1 Å². The number of rotatable bonds is 6. The van der Waals surface area contributed by atoms with E-state index in [9.17, 15) is 0 Å². The van der Waals surface area contributed by atoms with Gasteiger partial charge in [0.1, 0.15) is 5.01 Å². The monoisotopic (exact) mass is 280 g/mol. The fraction of sp³-hybridized carbons (Fsp3) is 0.500. The van der Waals surface area contributed by atoms with Gasteiger partial charge >= 0.3 is 0 Å². The summed E-state index contributed by atoms with van der Waals surface area (Å²) in [6, 6.07) is 8.45. The Kier molecular flexibility index (Phi) is 4.87. The van der Waals surface area contributed by atoms with Gasteiger partial charge in [0.05, 0.1) is 22.3 Å². The predicted octanol–water partition coefficient (Wildman–Crippen LogP) is 2.95. The Balaban J connectivity index is 2.08. The van der Waals surface area contributed by atoms with E-state index in [4.69, 9.17) is 9.47 Å². The van der Waals surface area contributed by atoms with Crippen molar-refractivity contribution >= 4 is 21.6 Å². The number of nitrogens with zero attached hydrogens (tertiary/aromatic N) is 1. The topological polar surface area (TPSA) is 43.4 Å². The lowest BCUT2D eigenvalue weighted by Crippen LogP contribution is -2.40. The Bertz CT molecular complexity index is 492. The summed E-state index contributed by atoms with van der Waals surface area (Å²) in [5, 5.41) is 4.54. The first-order chi connectivity index (χ1) is 9.15. The highest BCUT2D eigenvalue weighted by molar-refractivity contribution is 7.18. The van der Waals surface area contributed by atoms with Crippen molar-refractivity contribution in [1.29, 1.82) is 0 Å². The van der Waals surface area contributed by atoms with Crippen molar-refractivity contribution in [2.45, 2.75) is 32.2 Å². The zero-order valence-electron chi connectivity index (χ0n) is 11.7. The molecular weight excluding hydrogens is 260 g/mol. The maximum absolute atomic E-state index is 5.26. The van der Waals surface area contributed by atoms with E-state index in [-0.39, 0.29) is 18.4 Å². The molecule has 0 radical (unpaired) electrons. The first-order valence-corrected chi connectivity index (χ1v) is 7.14. The minimum atomic E-state index is -0.253. The molecular formula is C14H20N2O2S. The number of nitrogens with one attached hydrogen (secondary N) is 1. The van der Waals surface area contributed by atoms with Crippen LogP contribution in [0.4, 0.5) is 0 Å². The van der Waals surface area contributed by atoms with E-state index in [0.717, 1.165) is 10.5 Å². The summed E-state index contributed by atoms with van der Waals surface area (Å²) >= 11 is 1.72. The smallest absolute Gasteiger partial charge is 0.171 e. The molecule has 1 N–H and O–H groups in total. The molecule has 0 bridgehead atoms. The summed E-state index contributed by atoms with van der Waals surface area (Å²) in [6.07, 6.45) is -0.253. The van der Waals surface area contributed by atoms with Crippen molar-refractivity contribution in [3.63, 3.8) is 0 Å². The van der Waals surface area contributed by atoms with Gasteiger partial charge in [-0.15, -0.1) is 11.3 Å². The Morgan fingerprint density at radius 1 is 1.16 bits per heavy atom. The van der Waals surface area contributed by atoms with Gasteiger partial charge in [-0.05, 0) is 26.0 Å². The van der Waals surface area contributed by atoms with Crippen molar-refractivity contribution in [3.05, 3.63) is 29.3 Å². The van der Waals surface area contributed by atoms with Gasteiger partial charge in [0.25, 0.3) is 0 Å². The number of thiazole rings is 1. The van der Waals surface area contributed by atoms with Crippen LogP contribution in [0.15, 0.2) is 24.3 Å². The molecule has 2 rings (SSSR count). The molecule has 4 nitrogen and oxygen atoms in total. The normalized spacial score (nSPS) is 15.0. The summed E-state index contributed by atoms with van der Waals surface area (Å²) in [4.78, 5) is 4.65. The number of aromatic nitrogens is 1. The number of ether oxygens (including phenoxy) is 2. The van der Waals surface area contributed by atoms with Crippen molar-refractivity contribution in [3.8, 4) is 0 Å². The fourth-order valence-electron chi connectivity index (χ4n) is 2.12. The van der Waals surface area contributed by atoms with E-state index in [0.29, 0.717) is 0 Å². The number of hydrogen-bond acceptors (Lipinski definition) is 5. The van der Waals surface area contributed by atoms with Crippen LogP contribution >= 0.6 is 11.3 Å². The van der Waals surface area contributed by atoms with Crippen LogP contribution in [-0.4, -0.2) is 31.5 Å². The summed E-state index contributed by atoms with van der Waals surface area (Å²) in [5.74, 6) is 0. The molecule has 2 aromatic rings. The van der Waals surface area contributed by atoms with Gasteiger partial charge in [0.15, 0.2) is 6.29 Å². The van der Waals surface area contributed by atoms with Gasteiger partial charge in [-0.25, -0.2) is 4.98 Å². The highest BCUT2D eigenvalue weighted by atomic mass is 32.1. The number of methoxy groups -OCH3 is 2. The van der Waals surface area contributed by atoms with Crippen LogP contribution in [0.5, 0.6) is 0 Å². The first kappa shape index (κ1) is 14.4. The summed E-state index contributed by atoms with van der Waals surface area (Å²) in [6.45, 7) is 4.15.